The van der Waals surface area contributed by atoms with Crippen molar-refractivity contribution in [3.63, 3.8) is 0 Å². The van der Waals surface area contributed by atoms with E-state index >= 15 is 0 Å². The molecule has 0 atom stereocenters. The summed E-state index contributed by atoms with van der Waals surface area (Å²) in [5.41, 5.74) is -1.10. The maximum atomic E-state index is 13.8. The van der Waals surface area contributed by atoms with Crippen LogP contribution in [0.15, 0.2) is 28.4 Å². The van der Waals surface area contributed by atoms with E-state index in [1.165, 1.54) is 13.8 Å². The first-order valence-corrected chi connectivity index (χ1v) is 7.35. The number of carbonyl (C=O) groups is 2. The minimum absolute atomic E-state index is 0.0929. The Morgan fingerprint density at radius 1 is 1.20 bits per heavy atom. The van der Waals surface area contributed by atoms with Gasteiger partial charge in [-0.1, -0.05) is 15.9 Å². The van der Waals surface area contributed by atoms with Gasteiger partial charge < -0.3 is 19.5 Å². The molecule has 1 aromatic carbocycles. The predicted molar refractivity (Wildman–Crippen MR) is 78.8 cm³/mol. The van der Waals surface area contributed by atoms with Crippen molar-refractivity contribution in [1.29, 1.82) is 0 Å². The zero-order chi connectivity index (χ0) is 19.0. The lowest BCUT2D eigenvalue weighted by atomic mass is 10.2. The summed E-state index contributed by atoms with van der Waals surface area (Å²) in [7, 11) is 0. The molecule has 0 radical (unpaired) electrons. The van der Waals surface area contributed by atoms with Gasteiger partial charge in [0.25, 0.3) is 5.79 Å². The third-order valence-electron chi connectivity index (χ3n) is 2.71. The van der Waals surface area contributed by atoms with E-state index in [9.17, 15) is 27.2 Å². The van der Waals surface area contributed by atoms with Crippen LogP contribution in [-0.4, -0.2) is 24.1 Å². The van der Waals surface area contributed by atoms with Crippen molar-refractivity contribution in [2.75, 3.05) is 5.32 Å². The van der Waals surface area contributed by atoms with Gasteiger partial charge in [0.2, 0.25) is 0 Å². The van der Waals surface area contributed by atoms with Crippen LogP contribution in [0.25, 0.3) is 0 Å². The Hall–Kier alpha value is -2.30. The van der Waals surface area contributed by atoms with E-state index in [-0.39, 0.29) is 4.47 Å². The molecule has 0 aliphatic carbocycles. The Morgan fingerprint density at radius 2 is 1.76 bits per heavy atom. The summed E-state index contributed by atoms with van der Waals surface area (Å²) < 4.78 is 64.4. The Balaban J connectivity index is 2.34. The zero-order valence-corrected chi connectivity index (χ0v) is 14.2. The second-order valence-electron chi connectivity index (χ2n) is 5.19. The van der Waals surface area contributed by atoms with E-state index in [4.69, 9.17) is 9.47 Å². The molecule has 1 saturated heterocycles. The molecule has 1 N–H and O–H groups in total. The molecule has 0 spiro atoms. The minimum atomic E-state index is -5.15. The van der Waals surface area contributed by atoms with Crippen LogP contribution in [0.2, 0.25) is 0 Å². The molecule has 0 aromatic heterocycles. The van der Waals surface area contributed by atoms with Crippen LogP contribution in [0.3, 0.4) is 0 Å². The summed E-state index contributed by atoms with van der Waals surface area (Å²) in [6, 6.07) is 1.82. The van der Waals surface area contributed by atoms with Crippen molar-refractivity contribution in [1.82, 2.24) is 0 Å². The van der Waals surface area contributed by atoms with E-state index in [1.54, 1.807) is 0 Å². The number of rotatable bonds is 3. The van der Waals surface area contributed by atoms with Crippen LogP contribution in [0.1, 0.15) is 13.8 Å². The fraction of sp³-hybridized carbons (Fsp3) is 0.286. The number of halogens is 5. The highest BCUT2D eigenvalue weighted by atomic mass is 79.9. The molecule has 25 heavy (non-hydrogen) atoms. The normalized spacial score (nSPS) is 16.8. The Morgan fingerprint density at radius 3 is 2.28 bits per heavy atom. The number of esters is 2. The second kappa shape index (κ2) is 6.54. The lowest BCUT2D eigenvalue weighted by Crippen LogP contribution is -2.42. The molecule has 0 bridgehead atoms. The van der Waals surface area contributed by atoms with Gasteiger partial charge in [-0.05, 0) is 12.1 Å². The molecule has 1 aliphatic rings. The van der Waals surface area contributed by atoms with Crippen molar-refractivity contribution >= 4 is 33.6 Å². The number of benzene rings is 1. The summed E-state index contributed by atoms with van der Waals surface area (Å²) >= 11 is 2.91. The Kier molecular flexibility index (Phi) is 4.98. The van der Waals surface area contributed by atoms with Gasteiger partial charge in [-0.25, -0.2) is 14.0 Å². The van der Waals surface area contributed by atoms with Crippen molar-refractivity contribution in [3.05, 3.63) is 34.2 Å². The summed E-state index contributed by atoms with van der Waals surface area (Å²) in [5, 5.41) is 2.22. The molecule has 1 heterocycles. The fourth-order valence-electron chi connectivity index (χ4n) is 1.82. The minimum Gasteiger partial charge on any atom is -0.419 e. The molecule has 0 unspecified atom stereocenters. The number of carbonyl (C=O) groups excluding carboxylic acids is 2. The third kappa shape index (κ3) is 4.84. The number of hydrogen-bond donors (Lipinski definition) is 1. The average Bonchev–Trinajstić information content (AvgIpc) is 2.38. The maximum Gasteiger partial charge on any atom is 0.573 e. The highest BCUT2D eigenvalue weighted by Crippen LogP contribution is 2.36. The first kappa shape index (κ1) is 19.0. The number of anilines is 1. The third-order valence-corrected chi connectivity index (χ3v) is 3.17. The van der Waals surface area contributed by atoms with E-state index in [2.05, 4.69) is 26.0 Å². The van der Waals surface area contributed by atoms with E-state index in [0.717, 1.165) is 18.3 Å². The molecule has 0 amide bonds. The highest BCUT2D eigenvalue weighted by Gasteiger charge is 2.39. The first-order chi connectivity index (χ1) is 11.4. The lowest BCUT2D eigenvalue weighted by molar-refractivity contribution is -0.275. The molecule has 11 heteroatoms. The average molecular weight is 428 g/mol. The van der Waals surface area contributed by atoms with Gasteiger partial charge in [0.1, 0.15) is 0 Å². The number of alkyl halides is 3. The number of nitrogens with one attached hydrogen (secondary N) is 1. The van der Waals surface area contributed by atoms with E-state index < -0.39 is 46.9 Å². The quantitative estimate of drug-likeness (QED) is 0.343. The van der Waals surface area contributed by atoms with E-state index in [1.807, 2.05) is 0 Å². The van der Waals surface area contributed by atoms with Crippen LogP contribution < -0.4 is 10.1 Å². The molecule has 1 aliphatic heterocycles. The van der Waals surface area contributed by atoms with E-state index in [0.29, 0.717) is 0 Å². The van der Waals surface area contributed by atoms with Crippen molar-refractivity contribution in [3.8, 4) is 5.75 Å². The standard InChI is InChI=1S/C14H10BrF4NO5/c1-13(2)24-11(21)7(12(22)25-13)5-20-9-4-6(15)3-8(16)10(9)23-14(17,18)19/h3-5,20H,1-2H3. The molecule has 136 valence electrons. The zero-order valence-electron chi connectivity index (χ0n) is 12.7. The molecule has 0 saturated carbocycles. The number of cyclic esters (lactones) is 2. The van der Waals surface area contributed by atoms with Crippen LogP contribution in [-0.2, 0) is 19.1 Å². The topological polar surface area (TPSA) is 73.9 Å². The fourth-order valence-corrected chi connectivity index (χ4v) is 2.25. The first-order valence-electron chi connectivity index (χ1n) is 6.56. The Bertz CT molecular complexity index is 738. The largest absolute Gasteiger partial charge is 0.573 e. The van der Waals surface area contributed by atoms with Gasteiger partial charge in [0, 0.05) is 24.5 Å². The monoisotopic (exact) mass is 427 g/mol. The van der Waals surface area contributed by atoms with Crippen LogP contribution >= 0.6 is 15.9 Å². The molecular formula is C14H10BrF4NO5. The predicted octanol–water partition coefficient (Wildman–Crippen LogP) is 3.62. The number of hydrogen-bond acceptors (Lipinski definition) is 6. The lowest BCUT2D eigenvalue weighted by Gasteiger charge is -2.29. The molecule has 6 nitrogen and oxygen atoms in total. The van der Waals surface area contributed by atoms with Gasteiger partial charge in [-0.2, -0.15) is 0 Å². The highest BCUT2D eigenvalue weighted by molar-refractivity contribution is 9.10. The Labute approximate surface area is 146 Å². The summed E-state index contributed by atoms with van der Waals surface area (Å²) in [4.78, 5) is 23.5. The van der Waals surface area contributed by atoms with Crippen molar-refractivity contribution < 1.29 is 41.4 Å². The van der Waals surface area contributed by atoms with Crippen LogP contribution in [0, 0.1) is 5.82 Å². The maximum absolute atomic E-state index is 13.8. The number of ether oxygens (including phenoxy) is 3. The summed E-state index contributed by atoms with van der Waals surface area (Å²) in [6.07, 6.45) is -4.41. The summed E-state index contributed by atoms with van der Waals surface area (Å²) in [5.74, 6) is -6.06. The molecular weight excluding hydrogens is 418 g/mol. The molecule has 2 rings (SSSR count). The molecule has 1 aromatic rings. The van der Waals surface area contributed by atoms with Crippen molar-refractivity contribution in [2.24, 2.45) is 0 Å². The van der Waals surface area contributed by atoms with Gasteiger partial charge in [0.15, 0.2) is 17.1 Å². The van der Waals surface area contributed by atoms with Gasteiger partial charge in [-0.15, -0.1) is 13.2 Å². The van der Waals surface area contributed by atoms with Gasteiger partial charge >= 0.3 is 18.3 Å². The van der Waals surface area contributed by atoms with Crippen LogP contribution in [0.4, 0.5) is 23.2 Å². The smallest absolute Gasteiger partial charge is 0.419 e. The van der Waals surface area contributed by atoms with Gasteiger partial charge in [-0.3, -0.25) is 0 Å². The SMILES string of the molecule is CC1(C)OC(=O)C(=CNc2cc(Br)cc(F)c2OC(F)(F)F)C(=O)O1. The van der Waals surface area contributed by atoms with Gasteiger partial charge in [0.05, 0.1) is 5.69 Å². The molecule has 1 fully saturated rings. The summed E-state index contributed by atoms with van der Waals surface area (Å²) in [6.45, 7) is 2.65. The van der Waals surface area contributed by atoms with Crippen LogP contribution in [0.5, 0.6) is 5.75 Å². The van der Waals surface area contributed by atoms with Crippen molar-refractivity contribution in [2.45, 2.75) is 26.0 Å². The second-order valence-corrected chi connectivity index (χ2v) is 6.11.